The van der Waals surface area contributed by atoms with Crippen LogP contribution in [-0.4, -0.2) is 31.1 Å². The third kappa shape index (κ3) is 2.38. The average Bonchev–Trinajstić information content (AvgIpc) is 2.75. The summed E-state index contributed by atoms with van der Waals surface area (Å²) in [6.45, 7) is 3.12. The fourth-order valence-electron chi connectivity index (χ4n) is 1.83. The van der Waals surface area contributed by atoms with Crippen LogP contribution in [0, 0.1) is 0 Å². The Bertz CT molecular complexity index is 294. The Kier molecular flexibility index (Phi) is 3.26. The van der Waals surface area contributed by atoms with Gasteiger partial charge >= 0.3 is 0 Å². The van der Waals surface area contributed by atoms with Gasteiger partial charge in [0.15, 0.2) is 4.67 Å². The fraction of sp³-hybridized carbons (Fsp3) is 0.600. The van der Waals surface area contributed by atoms with Crippen LogP contribution in [0.4, 0.5) is 0 Å². The van der Waals surface area contributed by atoms with Gasteiger partial charge in [-0.15, -0.1) is 0 Å². The quantitative estimate of drug-likeness (QED) is 0.897. The standard InChI is InChI=1S/C10H15BrN2O/c1-13(8-4-5-12-6-8)7-9-2-3-10(11)14-9/h2-3,8,12H,4-7H2,1H3. The van der Waals surface area contributed by atoms with Crippen molar-refractivity contribution < 1.29 is 4.42 Å². The van der Waals surface area contributed by atoms with Crippen molar-refractivity contribution in [2.45, 2.75) is 19.0 Å². The Morgan fingerprint density at radius 1 is 1.64 bits per heavy atom. The van der Waals surface area contributed by atoms with Crippen molar-refractivity contribution >= 4 is 15.9 Å². The third-order valence-corrected chi connectivity index (χ3v) is 3.12. The van der Waals surface area contributed by atoms with Gasteiger partial charge in [0.05, 0.1) is 6.54 Å². The van der Waals surface area contributed by atoms with Gasteiger partial charge in [-0.2, -0.15) is 0 Å². The van der Waals surface area contributed by atoms with Crippen LogP contribution < -0.4 is 5.32 Å². The highest BCUT2D eigenvalue weighted by molar-refractivity contribution is 9.10. The minimum absolute atomic E-state index is 0.652. The molecule has 0 saturated carbocycles. The molecule has 78 valence electrons. The molecule has 1 aromatic rings. The Morgan fingerprint density at radius 3 is 3.07 bits per heavy atom. The first-order valence-electron chi connectivity index (χ1n) is 4.91. The first kappa shape index (κ1) is 10.2. The molecule has 1 atom stereocenters. The van der Waals surface area contributed by atoms with Gasteiger partial charge in [0.25, 0.3) is 0 Å². The molecule has 0 amide bonds. The molecule has 1 aliphatic heterocycles. The first-order chi connectivity index (χ1) is 6.75. The Hall–Kier alpha value is -0.320. The lowest BCUT2D eigenvalue weighted by molar-refractivity contribution is 0.228. The van der Waals surface area contributed by atoms with Crippen molar-refractivity contribution in [2.75, 3.05) is 20.1 Å². The number of nitrogens with one attached hydrogen (secondary N) is 1. The molecule has 2 heterocycles. The van der Waals surface area contributed by atoms with E-state index in [1.165, 1.54) is 6.42 Å². The Morgan fingerprint density at radius 2 is 2.50 bits per heavy atom. The molecule has 0 aliphatic carbocycles. The van der Waals surface area contributed by atoms with E-state index in [9.17, 15) is 0 Å². The predicted octanol–water partition coefficient (Wildman–Crippen LogP) is 1.84. The molecule has 1 unspecified atom stereocenters. The van der Waals surface area contributed by atoms with E-state index >= 15 is 0 Å². The maximum atomic E-state index is 5.47. The maximum Gasteiger partial charge on any atom is 0.169 e. The number of furan rings is 1. The summed E-state index contributed by atoms with van der Waals surface area (Å²) < 4.78 is 6.28. The smallest absolute Gasteiger partial charge is 0.169 e. The van der Waals surface area contributed by atoms with Crippen LogP contribution in [0.15, 0.2) is 21.2 Å². The summed E-state index contributed by atoms with van der Waals surface area (Å²) in [6.07, 6.45) is 1.23. The zero-order chi connectivity index (χ0) is 9.97. The zero-order valence-electron chi connectivity index (χ0n) is 8.29. The molecular weight excluding hydrogens is 244 g/mol. The second kappa shape index (κ2) is 4.47. The highest BCUT2D eigenvalue weighted by Gasteiger charge is 2.19. The summed E-state index contributed by atoms with van der Waals surface area (Å²) in [4.78, 5) is 2.34. The molecule has 3 nitrogen and oxygen atoms in total. The van der Waals surface area contributed by atoms with E-state index < -0.39 is 0 Å². The van der Waals surface area contributed by atoms with E-state index in [-0.39, 0.29) is 0 Å². The molecule has 1 aromatic heterocycles. The molecule has 1 saturated heterocycles. The number of hydrogen-bond acceptors (Lipinski definition) is 3. The second-order valence-electron chi connectivity index (χ2n) is 3.77. The summed E-state index contributed by atoms with van der Waals surface area (Å²) in [5, 5.41) is 3.36. The van der Waals surface area contributed by atoms with Gasteiger partial charge in [0.1, 0.15) is 5.76 Å². The van der Waals surface area contributed by atoms with Gasteiger partial charge in [-0.05, 0) is 48.1 Å². The topological polar surface area (TPSA) is 28.4 Å². The van der Waals surface area contributed by atoms with E-state index in [1.807, 2.05) is 12.1 Å². The van der Waals surface area contributed by atoms with E-state index in [1.54, 1.807) is 0 Å². The molecule has 1 fully saturated rings. The molecule has 0 aromatic carbocycles. The van der Waals surface area contributed by atoms with Crippen LogP contribution >= 0.6 is 15.9 Å². The molecule has 0 radical (unpaired) electrons. The maximum absolute atomic E-state index is 5.47. The van der Waals surface area contributed by atoms with Crippen LogP contribution in [-0.2, 0) is 6.54 Å². The highest BCUT2D eigenvalue weighted by Crippen LogP contribution is 2.17. The summed E-state index contributed by atoms with van der Waals surface area (Å²) in [5.41, 5.74) is 0. The monoisotopic (exact) mass is 258 g/mol. The van der Waals surface area contributed by atoms with Crippen LogP contribution in [0.3, 0.4) is 0 Å². The Balaban J connectivity index is 1.90. The first-order valence-corrected chi connectivity index (χ1v) is 5.70. The Labute approximate surface area is 92.6 Å². The number of halogens is 1. The van der Waals surface area contributed by atoms with Crippen molar-refractivity contribution in [1.29, 1.82) is 0 Å². The van der Waals surface area contributed by atoms with Crippen LogP contribution in [0.5, 0.6) is 0 Å². The van der Waals surface area contributed by atoms with Gasteiger partial charge < -0.3 is 9.73 Å². The molecule has 2 rings (SSSR count). The van der Waals surface area contributed by atoms with Crippen LogP contribution in [0.2, 0.25) is 0 Å². The number of hydrogen-bond donors (Lipinski definition) is 1. The summed E-state index contributed by atoms with van der Waals surface area (Å²) >= 11 is 3.31. The van der Waals surface area contributed by atoms with Gasteiger partial charge in [-0.1, -0.05) is 0 Å². The van der Waals surface area contributed by atoms with E-state index in [2.05, 4.69) is 33.2 Å². The molecule has 0 bridgehead atoms. The van der Waals surface area contributed by atoms with Crippen molar-refractivity contribution in [3.8, 4) is 0 Å². The SMILES string of the molecule is CN(Cc1ccc(Br)o1)C1CCNC1. The minimum atomic E-state index is 0.652. The van der Waals surface area contributed by atoms with Crippen molar-refractivity contribution in [1.82, 2.24) is 10.2 Å². The highest BCUT2D eigenvalue weighted by atomic mass is 79.9. The third-order valence-electron chi connectivity index (χ3n) is 2.69. The summed E-state index contributed by atoms with van der Waals surface area (Å²) in [5.74, 6) is 1.02. The van der Waals surface area contributed by atoms with Crippen molar-refractivity contribution in [3.63, 3.8) is 0 Å². The van der Waals surface area contributed by atoms with E-state index in [0.29, 0.717) is 6.04 Å². The second-order valence-corrected chi connectivity index (χ2v) is 4.55. The van der Waals surface area contributed by atoms with Gasteiger partial charge in [0, 0.05) is 12.6 Å². The molecule has 4 heteroatoms. The van der Waals surface area contributed by atoms with Crippen molar-refractivity contribution in [3.05, 3.63) is 22.6 Å². The largest absolute Gasteiger partial charge is 0.453 e. The molecule has 1 N–H and O–H groups in total. The normalized spacial score (nSPS) is 22.1. The number of likely N-dealkylation sites (N-methyl/N-ethyl adjacent to an activating group) is 1. The van der Waals surface area contributed by atoms with E-state index in [0.717, 1.165) is 30.1 Å². The average molecular weight is 259 g/mol. The zero-order valence-corrected chi connectivity index (χ0v) is 9.88. The van der Waals surface area contributed by atoms with Crippen LogP contribution in [0.25, 0.3) is 0 Å². The van der Waals surface area contributed by atoms with Gasteiger partial charge in [0.2, 0.25) is 0 Å². The number of rotatable bonds is 3. The predicted molar refractivity (Wildman–Crippen MR) is 59.1 cm³/mol. The summed E-state index contributed by atoms with van der Waals surface area (Å²) in [7, 11) is 2.15. The lowest BCUT2D eigenvalue weighted by Gasteiger charge is -2.21. The minimum Gasteiger partial charge on any atom is -0.453 e. The fourth-order valence-corrected chi connectivity index (χ4v) is 2.17. The van der Waals surface area contributed by atoms with Gasteiger partial charge in [-0.3, -0.25) is 4.90 Å². The molecule has 1 aliphatic rings. The van der Waals surface area contributed by atoms with Crippen molar-refractivity contribution in [2.24, 2.45) is 0 Å². The molecule has 14 heavy (non-hydrogen) atoms. The lowest BCUT2D eigenvalue weighted by atomic mass is 10.2. The van der Waals surface area contributed by atoms with Crippen LogP contribution in [0.1, 0.15) is 12.2 Å². The number of nitrogens with zero attached hydrogens (tertiary/aromatic N) is 1. The summed E-state index contributed by atoms with van der Waals surface area (Å²) in [6, 6.07) is 4.61. The lowest BCUT2D eigenvalue weighted by Crippen LogP contribution is -2.32. The van der Waals surface area contributed by atoms with E-state index in [4.69, 9.17) is 4.42 Å². The van der Waals surface area contributed by atoms with Gasteiger partial charge in [-0.25, -0.2) is 0 Å². The molecule has 0 spiro atoms. The molecular formula is C10H15BrN2O.